The molecule has 3 nitrogen and oxygen atoms in total. The fourth-order valence-electron chi connectivity index (χ4n) is 3.80. The van der Waals surface area contributed by atoms with E-state index >= 15 is 0 Å². The van der Waals surface area contributed by atoms with Crippen molar-refractivity contribution in [3.8, 4) is 0 Å². The topological polar surface area (TPSA) is 46.5 Å². The number of carbonyl (C=O) groups is 1. The van der Waals surface area contributed by atoms with Crippen molar-refractivity contribution < 1.29 is 14.6 Å². The lowest BCUT2D eigenvalue weighted by Crippen LogP contribution is -2.54. The average molecular weight is 264 g/mol. The number of hydrogen-bond donors (Lipinski definition) is 1. The van der Waals surface area contributed by atoms with E-state index in [2.05, 4.69) is 20.1 Å². The molecule has 106 valence electrons. The molecule has 0 unspecified atom stereocenters. The minimum absolute atomic E-state index is 0.000347. The van der Waals surface area contributed by atoms with E-state index in [9.17, 15) is 9.90 Å². The molecule has 0 aliphatic heterocycles. The van der Waals surface area contributed by atoms with Crippen molar-refractivity contribution in [2.24, 2.45) is 11.3 Å². The van der Waals surface area contributed by atoms with Gasteiger partial charge in [-0.15, -0.1) is 0 Å². The van der Waals surface area contributed by atoms with E-state index < -0.39 is 5.60 Å². The van der Waals surface area contributed by atoms with E-state index in [1.165, 1.54) is 7.11 Å². The Morgan fingerprint density at radius 3 is 2.79 bits per heavy atom. The number of carbonyl (C=O) groups excluding carboxylic acids is 1. The summed E-state index contributed by atoms with van der Waals surface area (Å²) in [4.78, 5) is 11.6. The Hall–Kier alpha value is -1.09. The molecular weight excluding hydrogens is 240 g/mol. The molecule has 0 amide bonds. The van der Waals surface area contributed by atoms with Crippen LogP contribution in [0.25, 0.3) is 0 Å². The van der Waals surface area contributed by atoms with Gasteiger partial charge in [0.2, 0.25) is 0 Å². The molecule has 2 fully saturated rings. The van der Waals surface area contributed by atoms with Crippen LogP contribution < -0.4 is 0 Å². The molecule has 0 aromatic carbocycles. The predicted molar refractivity (Wildman–Crippen MR) is 74.5 cm³/mol. The van der Waals surface area contributed by atoms with Crippen LogP contribution in [0.4, 0.5) is 0 Å². The summed E-state index contributed by atoms with van der Waals surface area (Å²) >= 11 is 0. The number of methoxy groups -OCH3 is 1. The minimum Gasteiger partial charge on any atom is -0.466 e. The van der Waals surface area contributed by atoms with Crippen molar-refractivity contribution >= 4 is 5.97 Å². The first kappa shape index (κ1) is 14.3. The minimum atomic E-state index is -0.856. The Kier molecular flexibility index (Phi) is 3.61. The zero-order valence-electron chi connectivity index (χ0n) is 12.0. The lowest BCUT2D eigenvalue weighted by Gasteiger charge is -2.55. The first-order valence-electron chi connectivity index (χ1n) is 7.02. The van der Waals surface area contributed by atoms with E-state index in [0.29, 0.717) is 12.0 Å². The molecule has 0 saturated heterocycles. The van der Waals surface area contributed by atoms with Gasteiger partial charge in [-0.2, -0.15) is 0 Å². The number of fused-ring (bicyclic) bond motifs is 1. The van der Waals surface area contributed by atoms with E-state index in [0.717, 1.165) is 37.7 Å². The molecule has 2 aliphatic rings. The van der Waals surface area contributed by atoms with Crippen LogP contribution in [-0.2, 0) is 9.53 Å². The Morgan fingerprint density at radius 1 is 1.47 bits per heavy atom. The molecule has 2 saturated carbocycles. The third-order valence-electron chi connectivity index (χ3n) is 5.32. The van der Waals surface area contributed by atoms with Gasteiger partial charge in [0.15, 0.2) is 0 Å². The van der Waals surface area contributed by atoms with Gasteiger partial charge in [-0.1, -0.05) is 20.1 Å². The largest absolute Gasteiger partial charge is 0.466 e. The van der Waals surface area contributed by atoms with Gasteiger partial charge in [0.25, 0.3) is 0 Å². The van der Waals surface area contributed by atoms with Crippen LogP contribution in [-0.4, -0.2) is 23.8 Å². The summed E-state index contributed by atoms with van der Waals surface area (Å²) in [6, 6.07) is 0. The van der Waals surface area contributed by atoms with Gasteiger partial charge in [-0.05, 0) is 50.0 Å². The second-order valence-electron chi connectivity index (χ2n) is 6.33. The molecule has 3 atom stereocenters. The van der Waals surface area contributed by atoms with Crippen LogP contribution in [0.15, 0.2) is 24.3 Å². The second-order valence-corrected chi connectivity index (χ2v) is 6.33. The maximum absolute atomic E-state index is 11.6. The average Bonchev–Trinajstić information content (AvgIpc) is 2.39. The highest BCUT2D eigenvalue weighted by molar-refractivity contribution is 5.88. The summed E-state index contributed by atoms with van der Waals surface area (Å²) in [5, 5.41) is 11.1. The van der Waals surface area contributed by atoms with E-state index in [1.807, 2.05) is 0 Å². The highest BCUT2D eigenvalue weighted by atomic mass is 16.5. The van der Waals surface area contributed by atoms with E-state index in [4.69, 9.17) is 4.74 Å². The third-order valence-corrected chi connectivity index (χ3v) is 5.32. The molecule has 0 heterocycles. The Morgan fingerprint density at radius 2 is 2.16 bits per heavy atom. The van der Waals surface area contributed by atoms with Gasteiger partial charge in [0.1, 0.15) is 0 Å². The number of esters is 1. The highest BCUT2D eigenvalue weighted by Gasteiger charge is 2.54. The number of ether oxygens (including phenoxy) is 1. The molecule has 0 aromatic rings. The SMILES string of the molecule is C=C(C(=O)OC)[C@@H]1CC[C@@]2(C)CCCC(=C)[C@]2(O)C1. The number of hydrogen-bond acceptors (Lipinski definition) is 3. The zero-order valence-corrected chi connectivity index (χ0v) is 12.0. The number of rotatable bonds is 2. The van der Waals surface area contributed by atoms with Crippen LogP contribution in [0.5, 0.6) is 0 Å². The van der Waals surface area contributed by atoms with Crippen molar-refractivity contribution in [1.29, 1.82) is 0 Å². The summed E-state index contributed by atoms with van der Waals surface area (Å²) in [5.74, 6) is -0.362. The van der Waals surface area contributed by atoms with Crippen molar-refractivity contribution in [1.82, 2.24) is 0 Å². The summed E-state index contributed by atoms with van der Waals surface area (Å²) < 4.78 is 4.74. The molecule has 19 heavy (non-hydrogen) atoms. The predicted octanol–water partition coefficient (Wildman–Crippen LogP) is 2.99. The van der Waals surface area contributed by atoms with Gasteiger partial charge in [0, 0.05) is 11.0 Å². The summed E-state index contributed by atoms with van der Waals surface area (Å²) in [6.07, 6.45) is 5.35. The molecule has 2 rings (SSSR count). The first-order chi connectivity index (χ1) is 8.84. The molecule has 2 aliphatic carbocycles. The molecule has 3 heteroatoms. The Labute approximate surface area is 115 Å². The lowest BCUT2D eigenvalue weighted by molar-refractivity contribution is -0.139. The van der Waals surface area contributed by atoms with Crippen LogP contribution in [0.1, 0.15) is 45.4 Å². The number of aliphatic hydroxyl groups is 1. The summed E-state index contributed by atoms with van der Waals surface area (Å²) in [5.41, 5.74) is 0.445. The summed E-state index contributed by atoms with van der Waals surface area (Å²) in [6.45, 7) is 10.1. The molecule has 0 bridgehead atoms. The van der Waals surface area contributed by atoms with E-state index in [1.54, 1.807) is 0 Å². The van der Waals surface area contributed by atoms with Gasteiger partial charge in [-0.25, -0.2) is 4.79 Å². The van der Waals surface area contributed by atoms with Gasteiger partial charge < -0.3 is 9.84 Å². The van der Waals surface area contributed by atoms with Gasteiger partial charge in [0.05, 0.1) is 12.7 Å². The molecular formula is C16H24O3. The fourth-order valence-corrected chi connectivity index (χ4v) is 3.80. The van der Waals surface area contributed by atoms with E-state index in [-0.39, 0.29) is 17.3 Å². The first-order valence-corrected chi connectivity index (χ1v) is 7.02. The molecule has 0 spiro atoms. The van der Waals surface area contributed by atoms with Crippen molar-refractivity contribution in [3.05, 3.63) is 24.3 Å². The van der Waals surface area contributed by atoms with Crippen LogP contribution in [0.3, 0.4) is 0 Å². The van der Waals surface area contributed by atoms with Crippen molar-refractivity contribution in [3.63, 3.8) is 0 Å². The van der Waals surface area contributed by atoms with Crippen molar-refractivity contribution in [2.75, 3.05) is 7.11 Å². The molecule has 1 N–H and O–H groups in total. The third kappa shape index (κ3) is 2.14. The molecule has 0 radical (unpaired) electrons. The highest BCUT2D eigenvalue weighted by Crippen LogP contribution is 2.56. The maximum atomic E-state index is 11.6. The van der Waals surface area contributed by atoms with Crippen LogP contribution >= 0.6 is 0 Å². The molecule has 0 aromatic heterocycles. The zero-order chi connectivity index (χ0) is 14.3. The summed E-state index contributed by atoms with van der Waals surface area (Å²) in [7, 11) is 1.37. The van der Waals surface area contributed by atoms with Gasteiger partial charge in [-0.3, -0.25) is 0 Å². The maximum Gasteiger partial charge on any atom is 0.333 e. The second kappa shape index (κ2) is 4.78. The smallest absolute Gasteiger partial charge is 0.333 e. The quantitative estimate of drug-likeness (QED) is 0.474. The Bertz CT molecular complexity index is 426. The standard InChI is InChI=1S/C16H24O3/c1-11-6-5-8-15(3)9-7-13(10-16(11,15)18)12(2)14(17)19-4/h13,18H,1-2,5-10H2,3-4H3/t13-,15-,16-/m1/s1. The van der Waals surface area contributed by atoms with Gasteiger partial charge >= 0.3 is 5.97 Å². The van der Waals surface area contributed by atoms with Crippen LogP contribution in [0.2, 0.25) is 0 Å². The lowest BCUT2D eigenvalue weighted by atomic mass is 9.53. The Balaban J connectivity index is 2.23. The monoisotopic (exact) mass is 264 g/mol. The normalized spacial score (nSPS) is 38.5. The van der Waals surface area contributed by atoms with Crippen molar-refractivity contribution in [2.45, 2.75) is 51.0 Å². The fraction of sp³-hybridized carbons (Fsp3) is 0.688. The van der Waals surface area contributed by atoms with Crippen LogP contribution in [0, 0.1) is 11.3 Å².